The van der Waals surface area contributed by atoms with Crippen LogP contribution in [0.25, 0.3) is 0 Å². The first-order valence-electron chi connectivity index (χ1n) is 5.37. The first kappa shape index (κ1) is 8.89. The van der Waals surface area contributed by atoms with Crippen LogP contribution in [-0.2, 0) is 11.2 Å². The molecule has 1 aliphatic carbocycles. The van der Waals surface area contributed by atoms with Crippen molar-refractivity contribution in [1.82, 2.24) is 9.88 Å². The first-order valence-corrected chi connectivity index (χ1v) is 5.37. The van der Waals surface area contributed by atoms with Crippen molar-refractivity contribution in [2.24, 2.45) is 5.92 Å². The molecule has 78 valence electrons. The van der Waals surface area contributed by atoms with E-state index >= 15 is 0 Å². The molecule has 1 aromatic heterocycles. The van der Waals surface area contributed by atoms with E-state index in [9.17, 15) is 4.79 Å². The minimum atomic E-state index is 0.275. The third-order valence-electron chi connectivity index (χ3n) is 3.79. The Morgan fingerprint density at radius 3 is 3.00 bits per heavy atom. The molecule has 1 saturated heterocycles. The van der Waals surface area contributed by atoms with Crippen LogP contribution in [0.3, 0.4) is 0 Å². The van der Waals surface area contributed by atoms with Gasteiger partial charge in [0.15, 0.2) is 0 Å². The minimum absolute atomic E-state index is 0.275. The molecule has 2 aliphatic rings. The molecule has 2 unspecified atom stereocenters. The molecular weight excluding hydrogens is 188 g/mol. The maximum Gasteiger partial charge on any atom is 0.223 e. The van der Waals surface area contributed by atoms with E-state index in [1.54, 1.807) is 0 Å². The molecule has 3 rings (SSSR count). The SMILES string of the molecule is Cc1cncc2c1CC1CC(=O)N(C)C21. The molecule has 0 spiro atoms. The molecule has 0 saturated carbocycles. The van der Waals surface area contributed by atoms with Crippen LogP contribution in [0.1, 0.15) is 29.2 Å². The molecular formula is C12H14N2O. The third-order valence-corrected chi connectivity index (χ3v) is 3.79. The largest absolute Gasteiger partial charge is 0.338 e. The Hall–Kier alpha value is -1.38. The fourth-order valence-corrected chi connectivity index (χ4v) is 3.01. The Morgan fingerprint density at radius 2 is 2.20 bits per heavy atom. The molecule has 1 aliphatic heterocycles. The van der Waals surface area contributed by atoms with Crippen molar-refractivity contribution in [2.45, 2.75) is 25.8 Å². The van der Waals surface area contributed by atoms with Crippen LogP contribution < -0.4 is 0 Å². The van der Waals surface area contributed by atoms with Gasteiger partial charge in [-0.25, -0.2) is 0 Å². The van der Waals surface area contributed by atoms with Gasteiger partial charge in [-0.3, -0.25) is 9.78 Å². The van der Waals surface area contributed by atoms with E-state index in [4.69, 9.17) is 0 Å². The number of fused-ring (bicyclic) bond motifs is 3. The smallest absolute Gasteiger partial charge is 0.223 e. The quantitative estimate of drug-likeness (QED) is 0.638. The third kappa shape index (κ3) is 1.06. The van der Waals surface area contributed by atoms with Crippen LogP contribution in [-0.4, -0.2) is 22.8 Å². The van der Waals surface area contributed by atoms with E-state index in [1.807, 2.05) is 24.3 Å². The van der Waals surface area contributed by atoms with E-state index in [0.29, 0.717) is 18.4 Å². The Labute approximate surface area is 89.1 Å². The van der Waals surface area contributed by atoms with Crippen molar-refractivity contribution in [3.05, 3.63) is 29.1 Å². The van der Waals surface area contributed by atoms with Crippen molar-refractivity contribution in [2.75, 3.05) is 7.05 Å². The fraction of sp³-hybridized carbons (Fsp3) is 0.500. The molecule has 0 aromatic carbocycles. The van der Waals surface area contributed by atoms with E-state index in [2.05, 4.69) is 11.9 Å². The highest BCUT2D eigenvalue weighted by atomic mass is 16.2. The molecule has 3 nitrogen and oxygen atoms in total. The van der Waals surface area contributed by atoms with Crippen LogP contribution in [0.15, 0.2) is 12.4 Å². The summed E-state index contributed by atoms with van der Waals surface area (Å²) in [6.45, 7) is 2.11. The molecule has 2 atom stereocenters. The lowest BCUT2D eigenvalue weighted by molar-refractivity contribution is -0.127. The van der Waals surface area contributed by atoms with Crippen LogP contribution in [0, 0.1) is 12.8 Å². The molecule has 0 radical (unpaired) electrons. The van der Waals surface area contributed by atoms with Crippen molar-refractivity contribution in [3.8, 4) is 0 Å². The number of aromatic nitrogens is 1. The predicted molar refractivity (Wildman–Crippen MR) is 56.3 cm³/mol. The van der Waals surface area contributed by atoms with Crippen molar-refractivity contribution < 1.29 is 4.79 Å². The van der Waals surface area contributed by atoms with Gasteiger partial charge in [0.1, 0.15) is 0 Å². The van der Waals surface area contributed by atoms with Gasteiger partial charge in [-0.05, 0) is 36.0 Å². The van der Waals surface area contributed by atoms with Gasteiger partial charge in [0.05, 0.1) is 6.04 Å². The summed E-state index contributed by atoms with van der Waals surface area (Å²) in [6.07, 6.45) is 5.60. The van der Waals surface area contributed by atoms with Crippen molar-refractivity contribution in [1.29, 1.82) is 0 Å². The second-order valence-electron chi connectivity index (χ2n) is 4.64. The van der Waals surface area contributed by atoms with Crippen LogP contribution in [0.2, 0.25) is 0 Å². The van der Waals surface area contributed by atoms with Gasteiger partial charge < -0.3 is 4.90 Å². The zero-order valence-electron chi connectivity index (χ0n) is 9.03. The molecule has 3 heteroatoms. The summed E-state index contributed by atoms with van der Waals surface area (Å²) in [5.74, 6) is 0.762. The van der Waals surface area contributed by atoms with E-state index in [-0.39, 0.29) is 5.91 Å². The van der Waals surface area contributed by atoms with Gasteiger partial charge in [-0.1, -0.05) is 0 Å². The van der Waals surface area contributed by atoms with E-state index < -0.39 is 0 Å². The van der Waals surface area contributed by atoms with Crippen molar-refractivity contribution >= 4 is 5.91 Å². The number of carbonyl (C=O) groups is 1. The number of likely N-dealkylation sites (tertiary alicyclic amines) is 1. The molecule has 1 amide bonds. The van der Waals surface area contributed by atoms with Crippen LogP contribution in [0.5, 0.6) is 0 Å². The number of hydrogen-bond acceptors (Lipinski definition) is 2. The molecule has 1 aromatic rings. The van der Waals surface area contributed by atoms with Crippen molar-refractivity contribution in [3.63, 3.8) is 0 Å². The van der Waals surface area contributed by atoms with E-state index in [1.165, 1.54) is 16.7 Å². The Kier molecular flexibility index (Phi) is 1.67. The standard InChI is InChI=1S/C12H14N2O/c1-7-5-13-6-10-9(7)3-8-4-11(15)14(2)12(8)10/h5-6,8,12H,3-4H2,1-2H3. The van der Waals surface area contributed by atoms with Gasteiger partial charge >= 0.3 is 0 Å². The lowest BCUT2D eigenvalue weighted by atomic mass is 10.0. The Bertz CT molecular complexity index is 441. The number of rotatable bonds is 0. The fourth-order valence-electron chi connectivity index (χ4n) is 3.01. The Morgan fingerprint density at radius 1 is 1.40 bits per heavy atom. The summed E-state index contributed by atoms with van der Waals surface area (Å²) in [5, 5.41) is 0. The second kappa shape index (κ2) is 2.81. The topological polar surface area (TPSA) is 33.2 Å². The number of pyridine rings is 1. The molecule has 1 fully saturated rings. The summed E-state index contributed by atoms with van der Waals surface area (Å²) < 4.78 is 0. The van der Waals surface area contributed by atoms with Crippen LogP contribution in [0.4, 0.5) is 0 Å². The average Bonchev–Trinajstić information content (AvgIpc) is 2.68. The number of carbonyl (C=O) groups excluding carboxylic acids is 1. The zero-order valence-corrected chi connectivity index (χ0v) is 9.03. The zero-order chi connectivity index (χ0) is 10.6. The van der Waals surface area contributed by atoms with Gasteiger partial charge in [0.2, 0.25) is 5.91 Å². The molecule has 15 heavy (non-hydrogen) atoms. The summed E-state index contributed by atoms with van der Waals surface area (Å²) in [7, 11) is 1.91. The van der Waals surface area contributed by atoms with Gasteiger partial charge in [0, 0.05) is 25.9 Å². The molecule has 2 heterocycles. The predicted octanol–water partition coefficient (Wildman–Crippen LogP) is 1.47. The maximum absolute atomic E-state index is 11.6. The average molecular weight is 202 g/mol. The highest BCUT2D eigenvalue weighted by Crippen LogP contribution is 2.46. The normalized spacial score (nSPS) is 28.1. The van der Waals surface area contributed by atoms with Gasteiger partial charge in [0.25, 0.3) is 0 Å². The highest BCUT2D eigenvalue weighted by molar-refractivity contribution is 5.80. The lowest BCUT2D eigenvalue weighted by Crippen LogP contribution is -2.22. The first-order chi connectivity index (χ1) is 7.18. The maximum atomic E-state index is 11.6. The number of aryl methyl sites for hydroxylation is 1. The Balaban J connectivity index is 2.12. The highest BCUT2D eigenvalue weighted by Gasteiger charge is 2.44. The summed E-state index contributed by atoms with van der Waals surface area (Å²) in [6, 6.07) is 0.292. The summed E-state index contributed by atoms with van der Waals surface area (Å²) in [5.41, 5.74) is 3.95. The molecule has 0 N–H and O–H groups in total. The van der Waals surface area contributed by atoms with Gasteiger partial charge in [-0.15, -0.1) is 0 Å². The van der Waals surface area contributed by atoms with Crippen LogP contribution >= 0.6 is 0 Å². The summed E-state index contributed by atoms with van der Waals surface area (Å²) in [4.78, 5) is 17.7. The van der Waals surface area contributed by atoms with E-state index in [0.717, 1.165) is 6.42 Å². The second-order valence-corrected chi connectivity index (χ2v) is 4.64. The monoisotopic (exact) mass is 202 g/mol. The number of amides is 1. The van der Waals surface area contributed by atoms with Gasteiger partial charge in [-0.2, -0.15) is 0 Å². The molecule has 0 bridgehead atoms. The minimum Gasteiger partial charge on any atom is -0.338 e. The number of nitrogens with zero attached hydrogens (tertiary/aromatic N) is 2. The lowest BCUT2D eigenvalue weighted by Gasteiger charge is -2.19. The summed E-state index contributed by atoms with van der Waals surface area (Å²) >= 11 is 0. The number of hydrogen-bond donors (Lipinski definition) is 0.